The third-order valence-electron chi connectivity index (χ3n) is 5.05. The van der Waals surface area contributed by atoms with Gasteiger partial charge in [0.1, 0.15) is 6.61 Å². The average molecular weight is 496 g/mol. The molecule has 10 nitrogen and oxygen atoms in total. The summed E-state index contributed by atoms with van der Waals surface area (Å²) in [5, 5.41) is 13.9. The number of ether oxygens (including phenoxy) is 3. The van der Waals surface area contributed by atoms with E-state index in [1.165, 1.54) is 0 Å². The Bertz CT molecular complexity index is 1450. The van der Waals surface area contributed by atoms with Crippen LogP contribution in [0.15, 0.2) is 60.0 Å². The van der Waals surface area contributed by atoms with E-state index < -0.39 is 10.0 Å². The van der Waals surface area contributed by atoms with Gasteiger partial charge in [-0.05, 0) is 42.8 Å². The molecule has 2 aromatic heterocycles. The van der Waals surface area contributed by atoms with E-state index in [-0.39, 0.29) is 13.2 Å². The summed E-state index contributed by atoms with van der Waals surface area (Å²) in [5.41, 5.74) is 3.17. The number of hydrogen-bond acceptors (Lipinski definition) is 8. The van der Waals surface area contributed by atoms with Gasteiger partial charge in [0.25, 0.3) is 0 Å². The van der Waals surface area contributed by atoms with E-state index in [9.17, 15) is 8.42 Å². The largest absolute Gasteiger partial charge is 0.493 e. The molecule has 11 heteroatoms. The Hall–Kier alpha value is -3.96. The first-order valence-corrected chi connectivity index (χ1v) is 12.3. The second kappa shape index (κ2) is 10.5. The highest BCUT2D eigenvalue weighted by atomic mass is 32.2. The van der Waals surface area contributed by atoms with Gasteiger partial charge >= 0.3 is 0 Å². The van der Waals surface area contributed by atoms with Crippen LogP contribution in [0, 0.1) is 6.92 Å². The lowest BCUT2D eigenvalue weighted by Gasteiger charge is -2.09. The fourth-order valence-electron chi connectivity index (χ4n) is 3.24. The number of nitrogens with one attached hydrogen (secondary N) is 1. The number of rotatable bonds is 10. The fourth-order valence-corrected chi connectivity index (χ4v) is 4.04. The molecule has 0 aliphatic rings. The van der Waals surface area contributed by atoms with Crippen LogP contribution in [0.1, 0.15) is 11.1 Å². The van der Waals surface area contributed by atoms with Crippen LogP contribution in [-0.2, 0) is 10.0 Å². The van der Waals surface area contributed by atoms with Crippen molar-refractivity contribution in [2.45, 2.75) is 6.92 Å². The summed E-state index contributed by atoms with van der Waals surface area (Å²) in [6, 6.07) is 16.3. The first-order chi connectivity index (χ1) is 16.9. The number of benzene rings is 2. The van der Waals surface area contributed by atoms with E-state index in [2.05, 4.69) is 20.0 Å². The highest BCUT2D eigenvalue weighted by Crippen LogP contribution is 2.31. The molecule has 0 aliphatic carbocycles. The van der Waals surface area contributed by atoms with E-state index >= 15 is 0 Å². The number of hydrogen-bond donors (Lipinski definition) is 1. The molecule has 0 unspecified atom stereocenters. The number of fused-ring (bicyclic) bond motifs is 1. The molecule has 2 aromatic carbocycles. The summed E-state index contributed by atoms with van der Waals surface area (Å²) >= 11 is 0. The molecule has 1 N–H and O–H groups in total. The number of nitrogens with zero attached hydrogens (tertiary/aromatic N) is 4. The molecule has 0 bridgehead atoms. The monoisotopic (exact) mass is 495 g/mol. The third kappa shape index (κ3) is 5.94. The number of aromatic nitrogens is 4. The van der Waals surface area contributed by atoms with E-state index in [0.717, 1.165) is 22.1 Å². The molecule has 0 radical (unpaired) electrons. The van der Waals surface area contributed by atoms with Crippen molar-refractivity contribution in [2.75, 3.05) is 27.4 Å². The van der Waals surface area contributed by atoms with Gasteiger partial charge in [-0.15, -0.1) is 15.3 Å². The molecule has 35 heavy (non-hydrogen) atoms. The molecule has 0 atom stereocenters. The van der Waals surface area contributed by atoms with E-state index in [4.69, 9.17) is 14.2 Å². The predicted molar refractivity (Wildman–Crippen MR) is 132 cm³/mol. The van der Waals surface area contributed by atoms with Crippen molar-refractivity contribution in [3.63, 3.8) is 0 Å². The summed E-state index contributed by atoms with van der Waals surface area (Å²) < 4.78 is 44.7. The van der Waals surface area contributed by atoms with Crippen LogP contribution in [-0.4, -0.2) is 55.6 Å². The highest BCUT2D eigenvalue weighted by Gasteiger charge is 2.14. The zero-order chi connectivity index (χ0) is 24.8. The van der Waals surface area contributed by atoms with Crippen molar-refractivity contribution in [3.05, 3.63) is 71.1 Å². The van der Waals surface area contributed by atoms with Crippen LogP contribution in [0.5, 0.6) is 17.4 Å². The number of sulfonamides is 1. The van der Waals surface area contributed by atoms with Gasteiger partial charge in [-0.2, -0.15) is 4.52 Å². The van der Waals surface area contributed by atoms with Crippen molar-refractivity contribution in [2.24, 2.45) is 0 Å². The van der Waals surface area contributed by atoms with Crippen LogP contribution in [0.25, 0.3) is 23.1 Å². The molecular formula is C24H25N5O5S. The molecule has 0 saturated heterocycles. The first kappa shape index (κ1) is 24.2. The molecule has 182 valence electrons. The van der Waals surface area contributed by atoms with E-state index in [0.29, 0.717) is 28.9 Å². The molecule has 0 fully saturated rings. The zero-order valence-electron chi connectivity index (χ0n) is 19.5. The van der Waals surface area contributed by atoms with Gasteiger partial charge in [0.2, 0.25) is 15.9 Å². The van der Waals surface area contributed by atoms with Gasteiger partial charge in [0.05, 0.1) is 14.2 Å². The Morgan fingerprint density at radius 3 is 2.49 bits per heavy atom. The molecule has 4 rings (SSSR count). The average Bonchev–Trinajstić information content (AvgIpc) is 3.29. The van der Waals surface area contributed by atoms with Crippen molar-refractivity contribution in [3.8, 4) is 28.8 Å². The lowest BCUT2D eigenvalue weighted by molar-refractivity contribution is 0.306. The molecule has 0 amide bonds. The maximum absolute atomic E-state index is 12.2. The standard InChI is InChI=1S/C24H25N5O5S/c1-17-4-6-18(7-5-17)12-15-35(30,31)25-13-14-34-23-11-10-22-26-27-24(29(22)28-23)19-8-9-20(32-2)21(16-19)33-3/h4-12,15-16,25H,13-14H2,1-3H3/b15-12+. The van der Waals surface area contributed by atoms with E-state index in [1.807, 2.05) is 37.3 Å². The Morgan fingerprint density at radius 2 is 1.74 bits per heavy atom. The predicted octanol–water partition coefficient (Wildman–Crippen LogP) is 3.09. The minimum absolute atomic E-state index is 0.0744. The Balaban J connectivity index is 1.40. The summed E-state index contributed by atoms with van der Waals surface area (Å²) in [6.07, 6.45) is 1.54. The molecule has 4 aromatic rings. The molecule has 0 spiro atoms. The van der Waals surface area contributed by atoms with Gasteiger partial charge in [0, 0.05) is 23.6 Å². The molecule has 2 heterocycles. The van der Waals surface area contributed by atoms with Gasteiger partial charge in [-0.3, -0.25) is 0 Å². The lowest BCUT2D eigenvalue weighted by atomic mass is 10.2. The quantitative estimate of drug-likeness (QED) is 0.334. The van der Waals surface area contributed by atoms with Crippen molar-refractivity contribution < 1.29 is 22.6 Å². The Labute approximate surface area is 203 Å². The molecule has 0 saturated carbocycles. The van der Waals surface area contributed by atoms with Crippen LogP contribution >= 0.6 is 0 Å². The summed E-state index contributed by atoms with van der Waals surface area (Å²) in [5.74, 6) is 1.94. The minimum atomic E-state index is -3.60. The minimum Gasteiger partial charge on any atom is -0.493 e. The van der Waals surface area contributed by atoms with Crippen molar-refractivity contribution >= 4 is 21.7 Å². The SMILES string of the molecule is COc1ccc(-c2nnc3ccc(OCCNS(=O)(=O)/C=C/c4ccc(C)cc4)nn23)cc1OC. The van der Waals surface area contributed by atoms with Crippen LogP contribution < -0.4 is 18.9 Å². The van der Waals surface area contributed by atoms with Crippen LogP contribution in [0.3, 0.4) is 0 Å². The number of aryl methyl sites for hydroxylation is 1. The summed E-state index contributed by atoms with van der Waals surface area (Å²) in [7, 11) is -0.483. The highest BCUT2D eigenvalue weighted by molar-refractivity contribution is 7.92. The van der Waals surface area contributed by atoms with Crippen LogP contribution in [0.4, 0.5) is 0 Å². The second-order valence-electron chi connectivity index (χ2n) is 7.54. The van der Waals surface area contributed by atoms with Crippen molar-refractivity contribution in [1.29, 1.82) is 0 Å². The van der Waals surface area contributed by atoms with Crippen molar-refractivity contribution in [1.82, 2.24) is 24.5 Å². The molecular weight excluding hydrogens is 470 g/mol. The van der Waals surface area contributed by atoms with Crippen LogP contribution in [0.2, 0.25) is 0 Å². The lowest BCUT2D eigenvalue weighted by Crippen LogP contribution is -2.26. The summed E-state index contributed by atoms with van der Waals surface area (Å²) in [4.78, 5) is 0. The first-order valence-electron chi connectivity index (χ1n) is 10.7. The maximum atomic E-state index is 12.2. The van der Waals surface area contributed by atoms with Gasteiger partial charge in [0.15, 0.2) is 23.0 Å². The smallest absolute Gasteiger partial charge is 0.233 e. The van der Waals surface area contributed by atoms with E-state index in [1.54, 1.807) is 49.1 Å². The van der Waals surface area contributed by atoms with Gasteiger partial charge in [-0.25, -0.2) is 13.1 Å². The van der Waals surface area contributed by atoms with Gasteiger partial charge in [-0.1, -0.05) is 29.8 Å². The normalized spacial score (nSPS) is 11.7. The third-order valence-corrected chi connectivity index (χ3v) is 6.15. The maximum Gasteiger partial charge on any atom is 0.233 e. The van der Waals surface area contributed by atoms with Gasteiger partial charge < -0.3 is 14.2 Å². The molecule has 0 aliphatic heterocycles. The zero-order valence-corrected chi connectivity index (χ0v) is 20.3. The topological polar surface area (TPSA) is 117 Å². The second-order valence-corrected chi connectivity index (χ2v) is 9.19. The summed E-state index contributed by atoms with van der Waals surface area (Å²) in [6.45, 7) is 2.13. The Morgan fingerprint density at radius 1 is 0.971 bits per heavy atom. The Kier molecular flexibility index (Phi) is 7.28. The number of methoxy groups -OCH3 is 2. The fraction of sp³-hybridized carbons (Fsp3) is 0.208.